The van der Waals surface area contributed by atoms with E-state index in [0.29, 0.717) is 5.75 Å². The molecule has 0 fully saturated rings. The van der Waals surface area contributed by atoms with Crippen molar-refractivity contribution in [2.75, 3.05) is 0 Å². The molecule has 0 spiro atoms. The summed E-state index contributed by atoms with van der Waals surface area (Å²) < 4.78 is 0. The molecule has 0 saturated heterocycles. The minimum Gasteiger partial charge on any atom is -0.507 e. The van der Waals surface area contributed by atoms with Crippen LogP contribution in [0, 0.1) is 27.7 Å². The van der Waals surface area contributed by atoms with Crippen molar-refractivity contribution in [3.63, 3.8) is 0 Å². The molecule has 0 atom stereocenters. The number of rotatable bonds is 1. The molecule has 1 N–H and O–H groups in total. The van der Waals surface area contributed by atoms with Gasteiger partial charge in [-0.25, -0.2) is 0 Å². The van der Waals surface area contributed by atoms with Gasteiger partial charge in [0, 0.05) is 0 Å². The van der Waals surface area contributed by atoms with Gasteiger partial charge in [0.1, 0.15) is 5.75 Å². The van der Waals surface area contributed by atoms with E-state index in [1.54, 1.807) is 0 Å². The van der Waals surface area contributed by atoms with E-state index in [9.17, 15) is 5.11 Å². The minimum atomic E-state index is 0.465. The highest BCUT2D eigenvalue weighted by molar-refractivity contribution is 5.53. The van der Waals surface area contributed by atoms with Crippen LogP contribution in [0.5, 0.6) is 5.75 Å². The molecule has 0 bridgehead atoms. The van der Waals surface area contributed by atoms with Gasteiger partial charge in [-0.1, -0.05) is 6.92 Å². The van der Waals surface area contributed by atoms with Crippen molar-refractivity contribution in [2.24, 2.45) is 0 Å². The van der Waals surface area contributed by atoms with Crippen molar-refractivity contribution in [3.05, 3.63) is 27.8 Å². The summed E-state index contributed by atoms with van der Waals surface area (Å²) in [4.78, 5) is 0. The Hall–Kier alpha value is -0.980. The first-order valence-electron chi connectivity index (χ1n) is 4.78. The van der Waals surface area contributed by atoms with Crippen LogP contribution >= 0.6 is 0 Å². The molecule has 0 saturated carbocycles. The van der Waals surface area contributed by atoms with Gasteiger partial charge >= 0.3 is 0 Å². The maximum absolute atomic E-state index is 9.79. The predicted octanol–water partition coefficient (Wildman–Crippen LogP) is 3.19. The van der Waals surface area contributed by atoms with E-state index in [-0.39, 0.29) is 0 Å². The molecule has 1 aromatic carbocycles. The summed E-state index contributed by atoms with van der Waals surface area (Å²) in [5.41, 5.74) is 5.92. The first kappa shape index (κ1) is 10.1. The van der Waals surface area contributed by atoms with Crippen LogP contribution in [0.3, 0.4) is 0 Å². The van der Waals surface area contributed by atoms with Crippen LogP contribution in [-0.4, -0.2) is 5.11 Å². The number of hydrogen-bond acceptors (Lipinski definition) is 1. The molecule has 0 radical (unpaired) electrons. The summed E-state index contributed by atoms with van der Waals surface area (Å²) in [6.45, 7) is 10.3. The van der Waals surface area contributed by atoms with E-state index >= 15 is 0 Å². The fourth-order valence-electron chi connectivity index (χ4n) is 1.90. The minimum absolute atomic E-state index is 0.465. The van der Waals surface area contributed by atoms with Gasteiger partial charge in [0.25, 0.3) is 0 Å². The van der Waals surface area contributed by atoms with Gasteiger partial charge in [-0.05, 0) is 61.9 Å². The van der Waals surface area contributed by atoms with Crippen LogP contribution in [-0.2, 0) is 6.42 Å². The number of phenolic OH excluding ortho intramolecular Hbond substituents is 1. The molecule has 0 unspecified atom stereocenters. The fraction of sp³-hybridized carbons (Fsp3) is 0.500. The zero-order chi connectivity index (χ0) is 10.2. The van der Waals surface area contributed by atoms with Crippen molar-refractivity contribution < 1.29 is 5.11 Å². The number of aromatic hydroxyl groups is 1. The van der Waals surface area contributed by atoms with Crippen LogP contribution in [0.4, 0.5) is 0 Å². The van der Waals surface area contributed by atoms with Crippen LogP contribution in [0.15, 0.2) is 0 Å². The van der Waals surface area contributed by atoms with E-state index in [1.807, 2.05) is 13.8 Å². The Morgan fingerprint density at radius 3 is 1.54 bits per heavy atom. The quantitative estimate of drug-likeness (QED) is 0.700. The van der Waals surface area contributed by atoms with Gasteiger partial charge in [0.2, 0.25) is 0 Å². The van der Waals surface area contributed by atoms with Crippen molar-refractivity contribution >= 4 is 0 Å². The molecule has 1 rings (SSSR count). The van der Waals surface area contributed by atoms with Crippen molar-refractivity contribution in [1.29, 1.82) is 0 Å². The second-order valence-corrected chi connectivity index (χ2v) is 3.68. The molecule has 0 amide bonds. The lowest BCUT2D eigenvalue weighted by atomic mass is 9.92. The van der Waals surface area contributed by atoms with Gasteiger partial charge in [-0.15, -0.1) is 0 Å². The van der Waals surface area contributed by atoms with Crippen molar-refractivity contribution in [2.45, 2.75) is 41.0 Å². The summed E-state index contributed by atoms with van der Waals surface area (Å²) in [5.74, 6) is 0.465. The molecule has 13 heavy (non-hydrogen) atoms. The Labute approximate surface area is 80.4 Å². The average Bonchev–Trinajstić information content (AvgIpc) is 2.13. The van der Waals surface area contributed by atoms with E-state index in [2.05, 4.69) is 20.8 Å². The molecule has 1 aromatic rings. The number of hydrogen-bond donors (Lipinski definition) is 1. The molecule has 0 aliphatic heterocycles. The first-order valence-corrected chi connectivity index (χ1v) is 4.78. The zero-order valence-electron chi connectivity index (χ0n) is 9.15. The maximum Gasteiger partial charge on any atom is 0.121 e. The van der Waals surface area contributed by atoms with Gasteiger partial charge in [0.05, 0.1) is 0 Å². The Morgan fingerprint density at radius 2 is 1.23 bits per heavy atom. The summed E-state index contributed by atoms with van der Waals surface area (Å²) >= 11 is 0. The van der Waals surface area contributed by atoms with Gasteiger partial charge in [0.15, 0.2) is 0 Å². The molecule has 1 heteroatoms. The van der Waals surface area contributed by atoms with E-state index in [0.717, 1.165) is 17.5 Å². The molecule has 1 nitrogen and oxygen atoms in total. The monoisotopic (exact) mass is 178 g/mol. The Morgan fingerprint density at radius 1 is 0.846 bits per heavy atom. The lowest BCUT2D eigenvalue weighted by Gasteiger charge is -2.15. The standard InChI is InChI=1S/C12H18O/c1-6-11-7(2)9(4)12(13)10(5)8(11)3/h13H,6H2,1-5H3. The molecule has 0 aliphatic carbocycles. The Bertz CT molecular complexity index is 308. The second kappa shape index (κ2) is 3.41. The lowest BCUT2D eigenvalue weighted by Crippen LogP contribution is -1.98. The van der Waals surface area contributed by atoms with Gasteiger partial charge in [-0.2, -0.15) is 0 Å². The summed E-state index contributed by atoms with van der Waals surface area (Å²) in [6.07, 6.45) is 1.04. The highest BCUT2D eigenvalue weighted by atomic mass is 16.3. The Balaban J connectivity index is 3.56. The van der Waals surface area contributed by atoms with E-state index < -0.39 is 0 Å². The van der Waals surface area contributed by atoms with Gasteiger partial charge in [-0.3, -0.25) is 0 Å². The molecule has 0 aromatic heterocycles. The first-order chi connectivity index (χ1) is 6.00. The third-order valence-electron chi connectivity index (χ3n) is 3.09. The maximum atomic E-state index is 9.79. The highest BCUT2D eigenvalue weighted by Gasteiger charge is 2.11. The number of benzene rings is 1. The summed E-state index contributed by atoms with van der Waals surface area (Å²) in [6, 6.07) is 0. The Kier molecular flexibility index (Phi) is 2.65. The topological polar surface area (TPSA) is 20.2 Å². The third kappa shape index (κ3) is 1.43. The van der Waals surface area contributed by atoms with E-state index in [4.69, 9.17) is 0 Å². The van der Waals surface area contributed by atoms with Crippen molar-refractivity contribution in [3.8, 4) is 5.75 Å². The molecular formula is C12H18O. The van der Waals surface area contributed by atoms with Crippen LogP contribution < -0.4 is 0 Å². The highest BCUT2D eigenvalue weighted by Crippen LogP contribution is 2.31. The average molecular weight is 178 g/mol. The molecule has 0 aliphatic rings. The van der Waals surface area contributed by atoms with E-state index in [1.165, 1.54) is 16.7 Å². The molecule has 0 heterocycles. The normalized spacial score (nSPS) is 10.5. The largest absolute Gasteiger partial charge is 0.507 e. The molecular weight excluding hydrogens is 160 g/mol. The fourth-order valence-corrected chi connectivity index (χ4v) is 1.90. The van der Waals surface area contributed by atoms with Crippen LogP contribution in [0.1, 0.15) is 34.7 Å². The summed E-state index contributed by atoms with van der Waals surface area (Å²) in [5, 5.41) is 9.79. The number of phenols is 1. The second-order valence-electron chi connectivity index (χ2n) is 3.68. The smallest absolute Gasteiger partial charge is 0.121 e. The van der Waals surface area contributed by atoms with Gasteiger partial charge < -0.3 is 5.11 Å². The van der Waals surface area contributed by atoms with Crippen LogP contribution in [0.2, 0.25) is 0 Å². The lowest BCUT2D eigenvalue weighted by molar-refractivity contribution is 0.465. The molecule has 72 valence electrons. The van der Waals surface area contributed by atoms with Crippen LogP contribution in [0.25, 0.3) is 0 Å². The summed E-state index contributed by atoms with van der Waals surface area (Å²) in [7, 11) is 0. The zero-order valence-corrected chi connectivity index (χ0v) is 9.15. The third-order valence-corrected chi connectivity index (χ3v) is 3.09. The predicted molar refractivity (Wildman–Crippen MR) is 56.4 cm³/mol. The SMILES string of the molecule is CCc1c(C)c(C)c(O)c(C)c1C. The van der Waals surface area contributed by atoms with Crippen molar-refractivity contribution in [1.82, 2.24) is 0 Å².